The highest BCUT2D eigenvalue weighted by Crippen LogP contribution is 2.56. The number of hydrogen-bond donors (Lipinski definition) is 0. The molecule has 278 valence electrons. The molecule has 0 bridgehead atoms. The average molecular weight is 746 g/mol. The van der Waals surface area contributed by atoms with Crippen molar-refractivity contribution in [2.24, 2.45) is 0 Å². The van der Waals surface area contributed by atoms with Gasteiger partial charge in [0.2, 0.25) is 0 Å². The van der Waals surface area contributed by atoms with Gasteiger partial charge in [-0.25, -0.2) is 0 Å². The number of nitrogens with zero attached hydrogens (tertiary/aromatic N) is 1. The number of hydrogen-bond acceptors (Lipinski definition) is 2. The SMILES string of the molecule is CC1(C)c2ccccc2-c2ccc(N(c3ccc4c(c3)C(C)(C)c3ccccc3-4)c3cccc4c3oc3c(C5(C)c6ccccc6-c6ccccc65)cccc34)cc21. The number of furan rings is 1. The molecule has 12 rings (SSSR count). The van der Waals surface area contributed by atoms with E-state index >= 15 is 0 Å². The summed E-state index contributed by atoms with van der Waals surface area (Å²) in [5, 5.41) is 2.25. The molecular weight excluding hydrogens is 703 g/mol. The van der Waals surface area contributed by atoms with Gasteiger partial charge < -0.3 is 9.32 Å². The van der Waals surface area contributed by atoms with E-state index in [0.29, 0.717) is 0 Å². The second kappa shape index (κ2) is 11.5. The first-order chi connectivity index (χ1) is 28.2. The lowest BCUT2D eigenvalue weighted by Gasteiger charge is -2.29. The smallest absolute Gasteiger partial charge is 0.159 e. The molecule has 3 aliphatic rings. The molecule has 2 nitrogen and oxygen atoms in total. The number of anilines is 3. The van der Waals surface area contributed by atoms with Crippen molar-refractivity contribution in [1.82, 2.24) is 0 Å². The Morgan fingerprint density at radius 2 is 0.741 bits per heavy atom. The van der Waals surface area contributed by atoms with Crippen LogP contribution in [-0.4, -0.2) is 0 Å². The summed E-state index contributed by atoms with van der Waals surface area (Å²) in [6.45, 7) is 11.8. The molecule has 0 radical (unpaired) electrons. The van der Waals surface area contributed by atoms with Crippen LogP contribution >= 0.6 is 0 Å². The number of rotatable bonds is 4. The molecule has 0 saturated carbocycles. The maximum atomic E-state index is 7.37. The van der Waals surface area contributed by atoms with Crippen molar-refractivity contribution < 1.29 is 4.42 Å². The van der Waals surface area contributed by atoms with Gasteiger partial charge in [-0.05, 0) is 104 Å². The molecule has 3 aliphatic carbocycles. The molecule has 8 aromatic carbocycles. The van der Waals surface area contributed by atoms with E-state index in [2.05, 4.69) is 209 Å². The molecule has 58 heavy (non-hydrogen) atoms. The first kappa shape index (κ1) is 33.5. The van der Waals surface area contributed by atoms with E-state index in [9.17, 15) is 0 Å². The Morgan fingerprint density at radius 3 is 1.26 bits per heavy atom. The van der Waals surface area contributed by atoms with Crippen molar-refractivity contribution in [2.45, 2.75) is 50.9 Å². The van der Waals surface area contributed by atoms with Crippen LogP contribution in [0.25, 0.3) is 55.3 Å². The first-order valence-electron chi connectivity index (χ1n) is 20.6. The van der Waals surface area contributed by atoms with E-state index in [0.717, 1.165) is 39.0 Å². The molecule has 0 amide bonds. The molecule has 0 spiro atoms. The lowest BCUT2D eigenvalue weighted by molar-refractivity contribution is 0.638. The maximum Gasteiger partial charge on any atom is 0.159 e. The average Bonchev–Trinajstić information content (AvgIpc) is 3.91. The van der Waals surface area contributed by atoms with Crippen molar-refractivity contribution in [1.29, 1.82) is 0 Å². The summed E-state index contributed by atoms with van der Waals surface area (Å²) in [4.78, 5) is 2.45. The molecular formula is C56H43NO. The Balaban J connectivity index is 1.11. The third-order valence-corrected chi connectivity index (χ3v) is 14.2. The third kappa shape index (κ3) is 4.22. The summed E-state index contributed by atoms with van der Waals surface area (Å²) in [6, 6.07) is 63.1. The zero-order valence-electron chi connectivity index (χ0n) is 33.5. The summed E-state index contributed by atoms with van der Waals surface area (Å²) in [5.74, 6) is 0. The van der Waals surface area contributed by atoms with Crippen molar-refractivity contribution >= 4 is 39.0 Å². The fourth-order valence-corrected chi connectivity index (χ4v) is 11.2. The topological polar surface area (TPSA) is 16.4 Å². The van der Waals surface area contributed by atoms with Gasteiger partial charge in [0.05, 0.1) is 5.69 Å². The number of para-hydroxylation sites is 2. The minimum absolute atomic E-state index is 0.140. The third-order valence-electron chi connectivity index (χ3n) is 14.2. The maximum absolute atomic E-state index is 7.37. The van der Waals surface area contributed by atoms with Gasteiger partial charge in [0, 0.05) is 44.0 Å². The van der Waals surface area contributed by atoms with Crippen LogP contribution in [-0.2, 0) is 16.2 Å². The van der Waals surface area contributed by atoms with Gasteiger partial charge in [0.1, 0.15) is 5.58 Å². The lowest BCUT2D eigenvalue weighted by Crippen LogP contribution is -2.22. The normalized spacial score (nSPS) is 15.7. The van der Waals surface area contributed by atoms with Crippen molar-refractivity contribution in [3.63, 3.8) is 0 Å². The molecule has 1 aromatic heterocycles. The Bertz CT molecular complexity index is 3060. The van der Waals surface area contributed by atoms with Crippen LogP contribution in [0.4, 0.5) is 17.1 Å². The number of fused-ring (bicyclic) bond motifs is 12. The van der Waals surface area contributed by atoms with Gasteiger partial charge in [0.15, 0.2) is 5.58 Å². The molecule has 0 atom stereocenters. The van der Waals surface area contributed by atoms with E-state index in [1.807, 2.05) is 0 Å². The van der Waals surface area contributed by atoms with E-state index in [1.165, 1.54) is 72.3 Å². The van der Waals surface area contributed by atoms with Gasteiger partial charge >= 0.3 is 0 Å². The number of benzene rings is 8. The van der Waals surface area contributed by atoms with Crippen LogP contribution < -0.4 is 4.90 Å². The summed E-state index contributed by atoms with van der Waals surface area (Å²) < 4.78 is 7.37. The molecule has 1 heterocycles. The highest BCUT2D eigenvalue weighted by molar-refractivity contribution is 6.12. The highest BCUT2D eigenvalue weighted by Gasteiger charge is 2.43. The quantitative estimate of drug-likeness (QED) is 0.178. The van der Waals surface area contributed by atoms with Gasteiger partial charge in [-0.3, -0.25) is 0 Å². The van der Waals surface area contributed by atoms with Gasteiger partial charge in [-0.1, -0.05) is 167 Å². The van der Waals surface area contributed by atoms with Crippen LogP contribution in [0.3, 0.4) is 0 Å². The summed E-state index contributed by atoms with van der Waals surface area (Å²) in [7, 11) is 0. The fourth-order valence-electron chi connectivity index (χ4n) is 11.2. The van der Waals surface area contributed by atoms with Crippen LogP contribution in [0.15, 0.2) is 174 Å². The van der Waals surface area contributed by atoms with E-state index in [4.69, 9.17) is 4.42 Å². The molecule has 0 saturated heterocycles. The predicted octanol–water partition coefficient (Wildman–Crippen LogP) is 15.0. The predicted molar refractivity (Wildman–Crippen MR) is 241 cm³/mol. The second-order valence-electron chi connectivity index (χ2n) is 17.8. The van der Waals surface area contributed by atoms with Crippen molar-refractivity contribution in [3.05, 3.63) is 209 Å². The summed E-state index contributed by atoms with van der Waals surface area (Å²) >= 11 is 0. The first-order valence-corrected chi connectivity index (χ1v) is 20.6. The highest BCUT2D eigenvalue weighted by atomic mass is 16.3. The summed E-state index contributed by atoms with van der Waals surface area (Å²) in [6.07, 6.45) is 0. The van der Waals surface area contributed by atoms with Gasteiger partial charge in [-0.15, -0.1) is 0 Å². The van der Waals surface area contributed by atoms with Crippen LogP contribution in [0.1, 0.15) is 73.6 Å². The van der Waals surface area contributed by atoms with E-state index in [1.54, 1.807) is 0 Å². The van der Waals surface area contributed by atoms with Crippen molar-refractivity contribution in [2.75, 3.05) is 4.90 Å². The molecule has 0 unspecified atom stereocenters. The molecule has 9 aromatic rings. The molecule has 0 N–H and O–H groups in total. The lowest BCUT2D eigenvalue weighted by atomic mass is 9.74. The molecule has 0 fully saturated rings. The van der Waals surface area contributed by atoms with Gasteiger partial charge in [-0.2, -0.15) is 0 Å². The van der Waals surface area contributed by atoms with E-state index < -0.39 is 0 Å². The zero-order valence-corrected chi connectivity index (χ0v) is 33.5. The fraction of sp³-hybridized carbons (Fsp3) is 0.143. The molecule has 0 aliphatic heterocycles. The second-order valence-corrected chi connectivity index (χ2v) is 17.8. The van der Waals surface area contributed by atoms with Crippen LogP contribution in [0.5, 0.6) is 0 Å². The Hall–Kier alpha value is -6.64. The van der Waals surface area contributed by atoms with Crippen LogP contribution in [0, 0.1) is 0 Å². The zero-order chi connectivity index (χ0) is 39.1. The summed E-state index contributed by atoms with van der Waals surface area (Å²) in [5.41, 5.74) is 21.5. The largest absolute Gasteiger partial charge is 0.454 e. The Labute approximate surface area is 340 Å². The Kier molecular flexibility index (Phi) is 6.63. The minimum Gasteiger partial charge on any atom is -0.454 e. The standard InChI is InChI=1S/C56H43NO/c1-54(2)44-22-10-6-16-36(44)40-30-28-34(32-49(40)54)57(35-29-31-41-37-17-7-11-23-45(37)55(3,4)50(41)33-35)51-27-15-21-43-42-20-14-26-48(52(42)58-53(43)51)56(5)46-24-12-8-18-38(46)39-19-9-13-25-47(39)56/h6-33H,1-5H3. The minimum atomic E-state index is -0.387. The van der Waals surface area contributed by atoms with Crippen LogP contribution in [0.2, 0.25) is 0 Å². The van der Waals surface area contributed by atoms with Gasteiger partial charge in [0.25, 0.3) is 0 Å². The molecule has 2 heteroatoms. The van der Waals surface area contributed by atoms with Crippen molar-refractivity contribution in [3.8, 4) is 33.4 Å². The Morgan fingerprint density at radius 1 is 0.345 bits per heavy atom. The monoisotopic (exact) mass is 745 g/mol. The van der Waals surface area contributed by atoms with E-state index in [-0.39, 0.29) is 16.2 Å².